The molecule has 1 aromatic carbocycles. The quantitative estimate of drug-likeness (QED) is 0.812. The van der Waals surface area contributed by atoms with Gasteiger partial charge in [0.1, 0.15) is 0 Å². The number of hydrogen-bond donors (Lipinski definition) is 1. The molecule has 0 bridgehead atoms. The van der Waals surface area contributed by atoms with Crippen molar-refractivity contribution in [1.82, 2.24) is 9.80 Å². The van der Waals surface area contributed by atoms with Crippen LogP contribution in [0, 0.1) is 0 Å². The van der Waals surface area contributed by atoms with Gasteiger partial charge in [-0.05, 0) is 32.6 Å². The largest absolute Gasteiger partial charge is 0.375 e. The normalized spacial score (nSPS) is 21.5. The molecule has 0 aromatic heterocycles. The Morgan fingerprint density at radius 1 is 1.35 bits per heavy atom. The molecule has 1 aliphatic heterocycles. The van der Waals surface area contributed by atoms with Crippen molar-refractivity contribution in [1.29, 1.82) is 0 Å². The van der Waals surface area contributed by atoms with E-state index in [1.807, 2.05) is 18.2 Å². The zero-order valence-electron chi connectivity index (χ0n) is 12.7. The second kappa shape index (κ2) is 7.74. The summed E-state index contributed by atoms with van der Waals surface area (Å²) in [6.45, 7) is 4.47. The lowest BCUT2D eigenvalue weighted by Gasteiger charge is -2.22. The van der Waals surface area contributed by atoms with Crippen molar-refractivity contribution in [2.24, 2.45) is 5.73 Å². The van der Waals surface area contributed by atoms with Gasteiger partial charge in [-0.15, -0.1) is 0 Å². The molecule has 1 unspecified atom stereocenters. The van der Waals surface area contributed by atoms with Crippen LogP contribution in [0.4, 0.5) is 0 Å². The molecule has 0 saturated carbocycles. The van der Waals surface area contributed by atoms with E-state index in [4.69, 9.17) is 10.5 Å². The molecular weight excluding hydrogens is 250 g/mol. The van der Waals surface area contributed by atoms with Crippen molar-refractivity contribution in [2.45, 2.75) is 25.1 Å². The number of nitrogens with two attached hydrogens (primary N) is 1. The van der Waals surface area contributed by atoms with E-state index < -0.39 is 0 Å². The van der Waals surface area contributed by atoms with Crippen LogP contribution in [0.1, 0.15) is 12.0 Å². The molecule has 1 aromatic rings. The van der Waals surface area contributed by atoms with Crippen LogP contribution in [0.2, 0.25) is 0 Å². The molecule has 0 aliphatic carbocycles. The van der Waals surface area contributed by atoms with Crippen molar-refractivity contribution < 1.29 is 4.74 Å². The van der Waals surface area contributed by atoms with Gasteiger partial charge in [-0.1, -0.05) is 30.3 Å². The highest BCUT2D eigenvalue weighted by Gasteiger charge is 2.24. The SMILES string of the molecule is CN(C)C1CCN(C[C@H](N)COCc2ccccc2)C1. The number of likely N-dealkylation sites (N-methyl/N-ethyl adjacent to an activating group) is 1. The maximum atomic E-state index is 6.16. The van der Waals surface area contributed by atoms with E-state index >= 15 is 0 Å². The lowest BCUT2D eigenvalue weighted by Crippen LogP contribution is -2.40. The number of likely N-dealkylation sites (tertiary alicyclic amines) is 1. The average molecular weight is 277 g/mol. The van der Waals surface area contributed by atoms with Crippen molar-refractivity contribution in [2.75, 3.05) is 40.3 Å². The fourth-order valence-corrected chi connectivity index (χ4v) is 2.69. The molecule has 1 heterocycles. The molecule has 20 heavy (non-hydrogen) atoms. The van der Waals surface area contributed by atoms with Crippen LogP contribution >= 0.6 is 0 Å². The topological polar surface area (TPSA) is 41.7 Å². The summed E-state index contributed by atoms with van der Waals surface area (Å²) < 4.78 is 5.70. The Bertz CT molecular complexity index is 383. The van der Waals surface area contributed by atoms with Crippen LogP contribution in [-0.2, 0) is 11.3 Å². The van der Waals surface area contributed by atoms with Gasteiger partial charge in [0.05, 0.1) is 13.2 Å². The smallest absolute Gasteiger partial charge is 0.0717 e. The Hall–Kier alpha value is -0.940. The minimum Gasteiger partial charge on any atom is -0.375 e. The second-order valence-electron chi connectivity index (χ2n) is 5.93. The van der Waals surface area contributed by atoms with Gasteiger partial charge in [0.15, 0.2) is 0 Å². The number of ether oxygens (including phenoxy) is 1. The van der Waals surface area contributed by atoms with Crippen LogP contribution in [-0.4, -0.2) is 62.2 Å². The van der Waals surface area contributed by atoms with E-state index in [9.17, 15) is 0 Å². The van der Waals surface area contributed by atoms with E-state index in [0.717, 1.165) is 19.6 Å². The first-order chi connectivity index (χ1) is 9.65. The summed E-state index contributed by atoms with van der Waals surface area (Å²) in [7, 11) is 4.30. The van der Waals surface area contributed by atoms with Crippen molar-refractivity contribution in [3.8, 4) is 0 Å². The van der Waals surface area contributed by atoms with Crippen LogP contribution < -0.4 is 5.73 Å². The maximum Gasteiger partial charge on any atom is 0.0717 e. The number of nitrogens with zero attached hydrogens (tertiary/aromatic N) is 2. The molecule has 1 saturated heterocycles. The zero-order chi connectivity index (χ0) is 14.4. The zero-order valence-corrected chi connectivity index (χ0v) is 12.7. The van der Waals surface area contributed by atoms with Gasteiger partial charge >= 0.3 is 0 Å². The van der Waals surface area contributed by atoms with Crippen LogP contribution in [0.15, 0.2) is 30.3 Å². The molecule has 2 atom stereocenters. The van der Waals surface area contributed by atoms with Gasteiger partial charge < -0.3 is 20.3 Å². The monoisotopic (exact) mass is 277 g/mol. The van der Waals surface area contributed by atoms with Crippen LogP contribution in [0.3, 0.4) is 0 Å². The van der Waals surface area contributed by atoms with E-state index in [2.05, 4.69) is 36.0 Å². The number of hydrogen-bond acceptors (Lipinski definition) is 4. The van der Waals surface area contributed by atoms with Crippen LogP contribution in [0.25, 0.3) is 0 Å². The first-order valence-electron chi connectivity index (χ1n) is 7.41. The Morgan fingerprint density at radius 3 is 2.75 bits per heavy atom. The molecule has 112 valence electrons. The molecule has 4 nitrogen and oxygen atoms in total. The highest BCUT2D eigenvalue weighted by Crippen LogP contribution is 2.13. The predicted molar refractivity (Wildman–Crippen MR) is 82.6 cm³/mol. The fraction of sp³-hybridized carbons (Fsp3) is 0.625. The molecule has 2 rings (SSSR count). The van der Waals surface area contributed by atoms with Gasteiger partial charge in [0, 0.05) is 25.2 Å². The molecular formula is C16H27N3O. The van der Waals surface area contributed by atoms with Gasteiger partial charge in [-0.3, -0.25) is 0 Å². The van der Waals surface area contributed by atoms with Gasteiger partial charge in [-0.25, -0.2) is 0 Å². The Balaban J connectivity index is 1.62. The fourth-order valence-electron chi connectivity index (χ4n) is 2.69. The van der Waals surface area contributed by atoms with Gasteiger partial charge in [0.25, 0.3) is 0 Å². The summed E-state index contributed by atoms with van der Waals surface area (Å²) in [5.41, 5.74) is 7.36. The third-order valence-electron chi connectivity index (χ3n) is 3.91. The minimum atomic E-state index is 0.0969. The molecule has 1 aliphatic rings. The first-order valence-corrected chi connectivity index (χ1v) is 7.41. The Labute approximate surface area is 122 Å². The first kappa shape index (κ1) is 15.4. The summed E-state index contributed by atoms with van der Waals surface area (Å²) in [6, 6.07) is 11.0. The van der Waals surface area contributed by atoms with Crippen molar-refractivity contribution in [3.05, 3.63) is 35.9 Å². The summed E-state index contributed by atoms with van der Waals surface area (Å²) in [5.74, 6) is 0. The lowest BCUT2D eigenvalue weighted by molar-refractivity contribution is 0.0974. The molecule has 2 N–H and O–H groups in total. The number of rotatable bonds is 7. The summed E-state index contributed by atoms with van der Waals surface area (Å²) in [5, 5.41) is 0. The van der Waals surface area contributed by atoms with E-state index in [1.165, 1.54) is 12.0 Å². The van der Waals surface area contributed by atoms with Crippen LogP contribution in [0.5, 0.6) is 0 Å². The van der Waals surface area contributed by atoms with Crippen molar-refractivity contribution >= 4 is 0 Å². The molecule has 4 heteroatoms. The second-order valence-corrected chi connectivity index (χ2v) is 5.93. The van der Waals surface area contributed by atoms with Crippen molar-refractivity contribution in [3.63, 3.8) is 0 Å². The molecule has 0 radical (unpaired) electrons. The highest BCUT2D eigenvalue weighted by atomic mass is 16.5. The number of benzene rings is 1. The highest BCUT2D eigenvalue weighted by molar-refractivity contribution is 5.13. The standard InChI is InChI=1S/C16H27N3O/c1-18(2)16-8-9-19(11-16)10-15(17)13-20-12-14-6-4-3-5-7-14/h3-7,15-16H,8-13,17H2,1-2H3/t15-,16?/m0/s1. The van der Waals surface area contributed by atoms with Gasteiger partial charge in [-0.2, -0.15) is 0 Å². The lowest BCUT2D eigenvalue weighted by atomic mass is 10.2. The molecule has 1 fully saturated rings. The summed E-state index contributed by atoms with van der Waals surface area (Å²) in [4.78, 5) is 4.75. The van der Waals surface area contributed by atoms with E-state index in [0.29, 0.717) is 19.3 Å². The minimum absolute atomic E-state index is 0.0969. The Kier molecular flexibility index (Phi) is 5.98. The van der Waals surface area contributed by atoms with E-state index in [1.54, 1.807) is 0 Å². The Morgan fingerprint density at radius 2 is 2.10 bits per heavy atom. The molecule has 0 spiro atoms. The summed E-state index contributed by atoms with van der Waals surface area (Å²) in [6.07, 6.45) is 1.24. The summed E-state index contributed by atoms with van der Waals surface area (Å²) >= 11 is 0. The van der Waals surface area contributed by atoms with Gasteiger partial charge in [0.2, 0.25) is 0 Å². The average Bonchev–Trinajstić information content (AvgIpc) is 2.88. The molecule has 0 amide bonds. The third-order valence-corrected chi connectivity index (χ3v) is 3.91. The van der Waals surface area contributed by atoms with E-state index in [-0.39, 0.29) is 6.04 Å². The third kappa shape index (κ3) is 4.87. The maximum absolute atomic E-state index is 6.16. The predicted octanol–water partition coefficient (Wildman–Crippen LogP) is 1.17.